The Morgan fingerprint density at radius 1 is 0.955 bits per heavy atom. The van der Waals surface area contributed by atoms with Gasteiger partial charge in [0.1, 0.15) is 6.04 Å². The van der Waals surface area contributed by atoms with Gasteiger partial charge < -0.3 is 0 Å². The second-order valence-electron chi connectivity index (χ2n) is 5.51. The maximum atomic E-state index is 6.02. The molecule has 0 radical (unpaired) electrons. The van der Waals surface area contributed by atoms with Crippen LogP contribution in [-0.2, 0) is 0 Å². The van der Waals surface area contributed by atoms with Gasteiger partial charge in [0.2, 0.25) is 0 Å². The molecule has 22 heavy (non-hydrogen) atoms. The highest BCUT2D eigenvalue weighted by Gasteiger charge is 2.29. The van der Waals surface area contributed by atoms with Gasteiger partial charge in [-0.3, -0.25) is 4.98 Å². The molecule has 2 aromatic carbocycles. The second kappa shape index (κ2) is 5.50. The van der Waals surface area contributed by atoms with Crippen LogP contribution in [0.5, 0.6) is 0 Å². The number of benzene rings is 2. The Morgan fingerprint density at radius 2 is 1.82 bits per heavy atom. The zero-order chi connectivity index (χ0) is 14.9. The van der Waals surface area contributed by atoms with Crippen LogP contribution in [0.2, 0.25) is 5.02 Å². The first-order valence-electron chi connectivity index (χ1n) is 7.28. The number of rotatable bonds is 2. The average Bonchev–Trinajstić information content (AvgIpc) is 3.05. The molecule has 0 fully saturated rings. The summed E-state index contributed by atoms with van der Waals surface area (Å²) in [4.78, 5) is 4.55. The summed E-state index contributed by atoms with van der Waals surface area (Å²) in [5.41, 5.74) is 3.29. The lowest BCUT2D eigenvalue weighted by atomic mass is 9.89. The Kier molecular flexibility index (Phi) is 3.35. The Morgan fingerprint density at radius 3 is 2.68 bits per heavy atom. The van der Waals surface area contributed by atoms with Crippen molar-refractivity contribution in [3.05, 3.63) is 76.9 Å². The third-order valence-electron chi connectivity index (χ3n) is 4.10. The van der Waals surface area contributed by atoms with E-state index in [1.54, 1.807) is 0 Å². The lowest BCUT2D eigenvalue weighted by Crippen LogP contribution is -2.08. The molecular weight excluding hydrogens is 294 g/mol. The molecule has 108 valence electrons. The highest BCUT2D eigenvalue weighted by Crippen LogP contribution is 2.39. The van der Waals surface area contributed by atoms with Gasteiger partial charge in [-0.2, -0.15) is 10.2 Å². The van der Waals surface area contributed by atoms with Crippen molar-refractivity contribution < 1.29 is 0 Å². The van der Waals surface area contributed by atoms with E-state index in [-0.39, 0.29) is 12.0 Å². The molecule has 1 aromatic heterocycles. The predicted molar refractivity (Wildman–Crippen MR) is 88.4 cm³/mol. The van der Waals surface area contributed by atoms with Crippen LogP contribution in [-0.4, -0.2) is 11.5 Å². The number of nitrogens with zero attached hydrogens (tertiary/aromatic N) is 3. The zero-order valence-corrected chi connectivity index (χ0v) is 12.6. The molecule has 0 aliphatic carbocycles. The van der Waals surface area contributed by atoms with E-state index < -0.39 is 0 Å². The normalized spacial score (nSPS) is 20.6. The molecule has 4 heteroatoms. The number of hydrogen-bond donors (Lipinski definition) is 0. The number of fused-ring (bicyclic) bond motifs is 1. The van der Waals surface area contributed by atoms with Crippen molar-refractivity contribution in [2.45, 2.75) is 12.0 Å². The minimum absolute atomic E-state index is 0.0766. The lowest BCUT2D eigenvalue weighted by Gasteiger charge is -2.17. The van der Waals surface area contributed by atoms with Crippen molar-refractivity contribution in [1.29, 1.82) is 0 Å². The van der Waals surface area contributed by atoms with Crippen LogP contribution < -0.4 is 0 Å². The fourth-order valence-electron chi connectivity index (χ4n) is 2.95. The minimum Gasteiger partial charge on any atom is -0.256 e. The van der Waals surface area contributed by atoms with Gasteiger partial charge >= 0.3 is 0 Å². The van der Waals surface area contributed by atoms with E-state index in [9.17, 15) is 0 Å². The van der Waals surface area contributed by atoms with Gasteiger partial charge in [-0.1, -0.05) is 48.0 Å². The Hall–Kier alpha value is -2.26. The summed E-state index contributed by atoms with van der Waals surface area (Å²) in [6.45, 7) is 0.709. The van der Waals surface area contributed by atoms with Crippen molar-refractivity contribution >= 4 is 22.5 Å². The largest absolute Gasteiger partial charge is 0.256 e. The number of aromatic nitrogens is 1. The first-order valence-corrected chi connectivity index (χ1v) is 7.66. The monoisotopic (exact) mass is 307 g/mol. The average molecular weight is 308 g/mol. The molecule has 3 nitrogen and oxygen atoms in total. The topological polar surface area (TPSA) is 37.6 Å². The second-order valence-corrected chi connectivity index (χ2v) is 5.94. The highest BCUT2D eigenvalue weighted by atomic mass is 35.5. The van der Waals surface area contributed by atoms with Crippen molar-refractivity contribution in [2.75, 3.05) is 6.54 Å². The fourth-order valence-corrected chi connectivity index (χ4v) is 3.12. The van der Waals surface area contributed by atoms with E-state index in [4.69, 9.17) is 11.6 Å². The molecule has 2 unspecified atom stereocenters. The molecule has 0 saturated heterocycles. The van der Waals surface area contributed by atoms with Crippen LogP contribution in [0.4, 0.5) is 0 Å². The summed E-state index contributed by atoms with van der Waals surface area (Å²) in [7, 11) is 0. The summed E-state index contributed by atoms with van der Waals surface area (Å²) in [6, 6.07) is 18.4. The SMILES string of the molecule is Clc1ccc2cc(C3CN=NC3c3ccccc3)cnc2c1. The van der Waals surface area contributed by atoms with E-state index >= 15 is 0 Å². The molecule has 0 N–H and O–H groups in total. The van der Waals surface area contributed by atoms with Gasteiger partial charge in [0.05, 0.1) is 12.1 Å². The van der Waals surface area contributed by atoms with E-state index in [1.165, 1.54) is 11.1 Å². The summed E-state index contributed by atoms with van der Waals surface area (Å²) in [5, 5.41) is 10.5. The molecule has 4 rings (SSSR count). The molecule has 3 aromatic rings. The van der Waals surface area contributed by atoms with Crippen molar-refractivity contribution in [3.63, 3.8) is 0 Å². The number of azo groups is 1. The predicted octanol–water partition coefficient (Wildman–Crippen LogP) is 5.18. The Balaban J connectivity index is 1.73. The summed E-state index contributed by atoms with van der Waals surface area (Å²) < 4.78 is 0. The van der Waals surface area contributed by atoms with E-state index in [0.717, 1.165) is 10.9 Å². The molecule has 1 aliphatic rings. The van der Waals surface area contributed by atoms with Crippen LogP contribution in [0, 0.1) is 0 Å². The van der Waals surface area contributed by atoms with Gasteiger partial charge in [-0.05, 0) is 29.3 Å². The van der Waals surface area contributed by atoms with Crippen LogP contribution in [0.3, 0.4) is 0 Å². The quantitative estimate of drug-likeness (QED) is 0.643. The van der Waals surface area contributed by atoms with E-state index in [2.05, 4.69) is 33.4 Å². The minimum atomic E-state index is 0.0766. The number of halogens is 1. The molecule has 2 atom stereocenters. The summed E-state index contributed by atoms with van der Waals surface area (Å²) >= 11 is 6.02. The first kappa shape index (κ1) is 13.4. The Bertz CT molecular complexity index is 845. The highest BCUT2D eigenvalue weighted by molar-refractivity contribution is 6.31. The molecular formula is C18H14ClN3. The standard InChI is InChI=1S/C18H14ClN3/c19-15-7-6-13-8-14(10-20-17(13)9-15)16-11-21-22-18(16)12-4-2-1-3-5-12/h1-10,16,18H,11H2. The molecule has 0 saturated carbocycles. The van der Waals surface area contributed by atoms with Crippen molar-refractivity contribution in [3.8, 4) is 0 Å². The molecule has 0 spiro atoms. The smallest absolute Gasteiger partial charge is 0.104 e. The Labute approximate surface area is 133 Å². The van der Waals surface area contributed by atoms with Gasteiger partial charge in [0.25, 0.3) is 0 Å². The number of hydrogen-bond acceptors (Lipinski definition) is 3. The number of pyridine rings is 1. The molecule has 0 bridgehead atoms. The third-order valence-corrected chi connectivity index (χ3v) is 4.34. The van der Waals surface area contributed by atoms with Crippen LogP contribution in [0.25, 0.3) is 10.9 Å². The molecule has 1 aliphatic heterocycles. The van der Waals surface area contributed by atoms with E-state index in [1.807, 2.05) is 42.6 Å². The van der Waals surface area contributed by atoms with Crippen molar-refractivity contribution in [1.82, 2.24) is 4.98 Å². The van der Waals surface area contributed by atoms with Crippen molar-refractivity contribution in [2.24, 2.45) is 10.2 Å². The van der Waals surface area contributed by atoms with Crippen LogP contribution in [0.15, 0.2) is 71.0 Å². The summed E-state index contributed by atoms with van der Waals surface area (Å²) in [6.07, 6.45) is 1.93. The van der Waals surface area contributed by atoms with Gasteiger partial charge in [-0.25, -0.2) is 0 Å². The third kappa shape index (κ3) is 2.38. The van der Waals surface area contributed by atoms with Crippen LogP contribution >= 0.6 is 11.6 Å². The fraction of sp³-hybridized carbons (Fsp3) is 0.167. The zero-order valence-electron chi connectivity index (χ0n) is 11.9. The van der Waals surface area contributed by atoms with Gasteiger partial charge in [0, 0.05) is 22.5 Å². The lowest BCUT2D eigenvalue weighted by molar-refractivity contribution is 0.634. The molecule has 2 heterocycles. The molecule has 0 amide bonds. The van der Waals surface area contributed by atoms with Crippen LogP contribution in [0.1, 0.15) is 23.1 Å². The van der Waals surface area contributed by atoms with Gasteiger partial charge in [0.15, 0.2) is 0 Å². The maximum Gasteiger partial charge on any atom is 0.104 e. The van der Waals surface area contributed by atoms with Gasteiger partial charge in [-0.15, -0.1) is 0 Å². The first-order chi connectivity index (χ1) is 10.8. The van der Waals surface area contributed by atoms with E-state index in [0.29, 0.717) is 11.6 Å². The summed E-state index contributed by atoms with van der Waals surface area (Å²) in [5.74, 6) is 0.245. The maximum absolute atomic E-state index is 6.02.